The van der Waals surface area contributed by atoms with Crippen molar-refractivity contribution in [3.05, 3.63) is 54.0 Å². The lowest BCUT2D eigenvalue weighted by atomic mass is 9.81. The fourth-order valence-corrected chi connectivity index (χ4v) is 3.61. The average Bonchev–Trinajstić information content (AvgIpc) is 2.68. The highest BCUT2D eigenvalue weighted by molar-refractivity contribution is 6.08. The van der Waals surface area contributed by atoms with Gasteiger partial charge >= 0.3 is 5.97 Å². The number of hydrogen-bond donors (Lipinski definition) is 2. The second kappa shape index (κ2) is 8.16. The van der Waals surface area contributed by atoms with Gasteiger partial charge in [-0.2, -0.15) is 0 Å². The Hall–Kier alpha value is -3.29. The van der Waals surface area contributed by atoms with Crippen LogP contribution in [-0.4, -0.2) is 43.8 Å². The van der Waals surface area contributed by atoms with Crippen molar-refractivity contribution >= 4 is 23.6 Å². The van der Waals surface area contributed by atoms with Gasteiger partial charge in [-0.3, -0.25) is 19.5 Å². The van der Waals surface area contributed by atoms with E-state index in [4.69, 9.17) is 5.73 Å². The van der Waals surface area contributed by atoms with Gasteiger partial charge in [-0.25, -0.2) is 9.78 Å². The van der Waals surface area contributed by atoms with Crippen molar-refractivity contribution in [2.45, 2.75) is 38.1 Å². The van der Waals surface area contributed by atoms with Crippen LogP contribution in [0, 0.1) is 5.92 Å². The minimum absolute atomic E-state index is 0.0621. The van der Waals surface area contributed by atoms with Gasteiger partial charge < -0.3 is 10.8 Å². The van der Waals surface area contributed by atoms with Gasteiger partial charge in [0.15, 0.2) is 0 Å². The molecule has 3 N–H and O–H groups in total. The van der Waals surface area contributed by atoms with E-state index in [0.29, 0.717) is 17.8 Å². The summed E-state index contributed by atoms with van der Waals surface area (Å²) < 4.78 is 0. The number of carbonyl (C=O) groups is 3. The molecule has 1 aliphatic heterocycles. The van der Waals surface area contributed by atoms with Gasteiger partial charge in [-0.1, -0.05) is 13.0 Å². The molecule has 3 heterocycles. The summed E-state index contributed by atoms with van der Waals surface area (Å²) >= 11 is 0. The zero-order chi connectivity index (χ0) is 20.3. The Labute approximate surface area is 162 Å². The summed E-state index contributed by atoms with van der Waals surface area (Å²) in [7, 11) is 0. The van der Waals surface area contributed by atoms with E-state index in [1.165, 1.54) is 6.20 Å². The van der Waals surface area contributed by atoms with Gasteiger partial charge in [0, 0.05) is 25.0 Å². The number of aromatic nitrogens is 2. The van der Waals surface area contributed by atoms with Gasteiger partial charge in [0.2, 0.25) is 11.8 Å². The SMILES string of the molecule is CC[C@@H](CC(=O)N1C(=O)[C@H](Cc2ccnc(N)c2)[C@H]1C(=O)O)c1cccnc1. The first-order valence-electron chi connectivity index (χ1n) is 9.11. The van der Waals surface area contributed by atoms with E-state index in [0.717, 1.165) is 10.5 Å². The molecule has 3 atom stereocenters. The smallest absolute Gasteiger partial charge is 0.327 e. The van der Waals surface area contributed by atoms with Gasteiger partial charge in [0.25, 0.3) is 0 Å². The lowest BCUT2D eigenvalue weighted by Crippen LogP contribution is -2.66. The number of carbonyl (C=O) groups excluding carboxylic acids is 2. The van der Waals surface area contributed by atoms with Crippen LogP contribution in [0.2, 0.25) is 0 Å². The van der Waals surface area contributed by atoms with Crippen molar-refractivity contribution in [3.8, 4) is 0 Å². The van der Waals surface area contributed by atoms with Crippen molar-refractivity contribution in [2.24, 2.45) is 5.92 Å². The molecule has 0 saturated carbocycles. The monoisotopic (exact) mass is 382 g/mol. The average molecular weight is 382 g/mol. The second-order valence-electron chi connectivity index (χ2n) is 6.88. The number of nitrogen functional groups attached to an aromatic ring is 1. The molecule has 8 nitrogen and oxygen atoms in total. The number of pyridine rings is 2. The number of aliphatic carboxylic acids is 1. The topological polar surface area (TPSA) is 126 Å². The minimum atomic E-state index is -1.19. The van der Waals surface area contributed by atoms with E-state index >= 15 is 0 Å². The molecule has 0 spiro atoms. The number of carboxylic acids is 1. The fraction of sp³-hybridized carbons (Fsp3) is 0.350. The first kappa shape index (κ1) is 19.5. The number of nitrogens with zero attached hydrogens (tertiary/aromatic N) is 3. The van der Waals surface area contributed by atoms with Crippen molar-refractivity contribution in [3.63, 3.8) is 0 Å². The minimum Gasteiger partial charge on any atom is -0.480 e. The van der Waals surface area contributed by atoms with Crippen LogP contribution in [0.5, 0.6) is 0 Å². The number of likely N-dealkylation sites (tertiary alicyclic amines) is 1. The zero-order valence-corrected chi connectivity index (χ0v) is 15.5. The molecular weight excluding hydrogens is 360 g/mol. The van der Waals surface area contributed by atoms with Crippen LogP contribution in [-0.2, 0) is 20.8 Å². The normalized spacial score (nSPS) is 19.8. The number of imide groups is 1. The molecule has 3 rings (SSSR count). The predicted octanol–water partition coefficient (Wildman–Crippen LogP) is 1.62. The molecule has 1 saturated heterocycles. The number of anilines is 1. The van der Waals surface area contributed by atoms with Crippen molar-refractivity contribution in [1.82, 2.24) is 14.9 Å². The van der Waals surface area contributed by atoms with Gasteiger partial charge in [0.05, 0.1) is 5.92 Å². The van der Waals surface area contributed by atoms with Crippen LogP contribution < -0.4 is 5.73 Å². The first-order valence-corrected chi connectivity index (χ1v) is 9.11. The molecule has 2 aromatic heterocycles. The molecular formula is C20H22N4O4. The summed E-state index contributed by atoms with van der Waals surface area (Å²) in [6.07, 6.45) is 5.78. The third kappa shape index (κ3) is 3.85. The third-order valence-electron chi connectivity index (χ3n) is 5.11. The van der Waals surface area contributed by atoms with Crippen LogP contribution in [0.4, 0.5) is 5.82 Å². The molecule has 0 unspecified atom stereocenters. The van der Waals surface area contributed by atoms with Gasteiger partial charge in [0.1, 0.15) is 11.9 Å². The van der Waals surface area contributed by atoms with Crippen molar-refractivity contribution in [2.75, 3.05) is 5.73 Å². The van der Waals surface area contributed by atoms with E-state index in [-0.39, 0.29) is 18.8 Å². The number of rotatable bonds is 7. The number of hydrogen-bond acceptors (Lipinski definition) is 6. The van der Waals surface area contributed by atoms with E-state index in [1.807, 2.05) is 13.0 Å². The number of carboxylic acid groups (broad SMARTS) is 1. The molecule has 0 bridgehead atoms. The number of amides is 2. The molecule has 146 valence electrons. The predicted molar refractivity (Wildman–Crippen MR) is 101 cm³/mol. The van der Waals surface area contributed by atoms with Crippen LogP contribution >= 0.6 is 0 Å². The lowest BCUT2D eigenvalue weighted by molar-refractivity contribution is -0.177. The Bertz CT molecular complexity index is 887. The standard InChI is InChI=1S/C20H22N4O4/c1-2-13(14-4-3-6-22-11-14)10-17(25)24-18(20(27)28)15(19(24)26)8-12-5-7-23-16(21)9-12/h3-7,9,11,13,15,18H,2,8,10H2,1H3,(H2,21,23)(H,27,28)/t13-,15+,18-/m0/s1. The largest absolute Gasteiger partial charge is 0.480 e. The second-order valence-corrected chi connectivity index (χ2v) is 6.88. The quantitative estimate of drug-likeness (QED) is 0.697. The molecule has 1 aliphatic rings. The lowest BCUT2D eigenvalue weighted by Gasteiger charge is -2.43. The Morgan fingerprint density at radius 3 is 2.71 bits per heavy atom. The molecule has 2 amide bonds. The third-order valence-corrected chi connectivity index (χ3v) is 5.11. The molecule has 0 aliphatic carbocycles. The maximum atomic E-state index is 12.7. The Morgan fingerprint density at radius 2 is 2.11 bits per heavy atom. The number of nitrogens with two attached hydrogens (primary N) is 1. The summed E-state index contributed by atoms with van der Waals surface area (Å²) in [6, 6.07) is 5.78. The summed E-state index contributed by atoms with van der Waals surface area (Å²) in [4.78, 5) is 45.9. The first-order chi connectivity index (χ1) is 13.4. The van der Waals surface area contributed by atoms with Crippen LogP contribution in [0.15, 0.2) is 42.9 Å². The summed E-state index contributed by atoms with van der Waals surface area (Å²) in [5, 5.41) is 9.59. The number of β-lactam (4-membered cyclic amide) rings is 1. The van der Waals surface area contributed by atoms with Crippen molar-refractivity contribution in [1.29, 1.82) is 0 Å². The van der Waals surface area contributed by atoms with Gasteiger partial charge in [-0.15, -0.1) is 0 Å². The molecule has 1 fully saturated rings. The zero-order valence-electron chi connectivity index (χ0n) is 15.5. The van der Waals surface area contributed by atoms with E-state index in [1.54, 1.807) is 30.6 Å². The highest BCUT2D eigenvalue weighted by Gasteiger charge is 2.54. The van der Waals surface area contributed by atoms with Crippen LogP contribution in [0.1, 0.15) is 36.8 Å². The molecule has 0 aromatic carbocycles. The van der Waals surface area contributed by atoms with E-state index in [2.05, 4.69) is 9.97 Å². The van der Waals surface area contributed by atoms with Crippen molar-refractivity contribution < 1.29 is 19.5 Å². The highest BCUT2D eigenvalue weighted by Crippen LogP contribution is 2.33. The van der Waals surface area contributed by atoms with Gasteiger partial charge in [-0.05, 0) is 48.1 Å². The van der Waals surface area contributed by atoms with E-state index in [9.17, 15) is 19.5 Å². The van der Waals surface area contributed by atoms with Crippen LogP contribution in [0.25, 0.3) is 0 Å². The van der Waals surface area contributed by atoms with E-state index < -0.39 is 29.7 Å². The Kier molecular flexibility index (Phi) is 5.67. The van der Waals surface area contributed by atoms with Crippen LogP contribution in [0.3, 0.4) is 0 Å². The molecule has 0 radical (unpaired) electrons. The molecule has 28 heavy (non-hydrogen) atoms. The Balaban J connectivity index is 1.73. The molecule has 2 aromatic rings. The Morgan fingerprint density at radius 1 is 1.32 bits per heavy atom. The maximum absolute atomic E-state index is 12.7. The maximum Gasteiger partial charge on any atom is 0.327 e. The molecule has 8 heteroatoms. The fourth-order valence-electron chi connectivity index (χ4n) is 3.61. The summed E-state index contributed by atoms with van der Waals surface area (Å²) in [5.74, 6) is -2.74. The summed E-state index contributed by atoms with van der Waals surface area (Å²) in [6.45, 7) is 1.94. The summed E-state index contributed by atoms with van der Waals surface area (Å²) in [5.41, 5.74) is 7.25. The highest BCUT2D eigenvalue weighted by atomic mass is 16.4.